The monoisotopic (exact) mass is 369 g/mol. The first-order valence-corrected chi connectivity index (χ1v) is 7.80. The first-order chi connectivity index (χ1) is 11.4. The third-order valence-corrected chi connectivity index (χ3v) is 3.72. The van der Waals surface area contributed by atoms with Crippen LogP contribution >= 0.6 is 23.2 Å². The molecule has 1 atom stereocenters. The second kappa shape index (κ2) is 8.08. The standard InChI is InChI=1S/C16H17Cl2N3O3/c1-9(16(22)21-15-12(18)6-10(17)8-19-15)20-13-5-4-11(23-2)7-14(13)24-3/h4-9,20H,1-3H3,(H,19,21,22)/t9-/m1/s1. The number of aromatic nitrogens is 1. The molecule has 0 unspecified atom stereocenters. The molecule has 0 spiro atoms. The maximum absolute atomic E-state index is 12.3. The van der Waals surface area contributed by atoms with Gasteiger partial charge in [0.1, 0.15) is 17.5 Å². The molecular formula is C16H17Cl2N3O3. The molecule has 0 fully saturated rings. The first kappa shape index (κ1) is 18.2. The van der Waals surface area contributed by atoms with Gasteiger partial charge in [0.25, 0.3) is 0 Å². The highest BCUT2D eigenvalue weighted by Crippen LogP contribution is 2.29. The van der Waals surface area contributed by atoms with Crippen molar-refractivity contribution >= 4 is 40.6 Å². The Morgan fingerprint density at radius 2 is 1.96 bits per heavy atom. The van der Waals surface area contributed by atoms with Crippen LogP contribution in [0, 0.1) is 0 Å². The zero-order valence-corrected chi connectivity index (χ0v) is 14.9. The molecule has 0 saturated heterocycles. The van der Waals surface area contributed by atoms with Gasteiger partial charge < -0.3 is 20.1 Å². The number of nitrogens with zero attached hydrogens (tertiary/aromatic N) is 1. The summed E-state index contributed by atoms with van der Waals surface area (Å²) < 4.78 is 10.4. The van der Waals surface area contributed by atoms with Gasteiger partial charge in [-0.3, -0.25) is 4.79 Å². The lowest BCUT2D eigenvalue weighted by molar-refractivity contribution is -0.116. The van der Waals surface area contributed by atoms with Crippen molar-refractivity contribution < 1.29 is 14.3 Å². The molecule has 0 aliphatic heterocycles. The van der Waals surface area contributed by atoms with E-state index in [4.69, 9.17) is 32.7 Å². The van der Waals surface area contributed by atoms with Crippen molar-refractivity contribution in [1.29, 1.82) is 0 Å². The van der Waals surface area contributed by atoms with Gasteiger partial charge in [0.2, 0.25) is 5.91 Å². The zero-order chi connectivity index (χ0) is 17.7. The van der Waals surface area contributed by atoms with Crippen molar-refractivity contribution in [2.75, 3.05) is 24.9 Å². The number of nitrogens with one attached hydrogen (secondary N) is 2. The summed E-state index contributed by atoms with van der Waals surface area (Å²) in [7, 11) is 3.11. The molecule has 1 aromatic carbocycles. The fourth-order valence-electron chi connectivity index (χ4n) is 1.95. The Morgan fingerprint density at radius 1 is 1.21 bits per heavy atom. The van der Waals surface area contributed by atoms with Crippen molar-refractivity contribution in [2.24, 2.45) is 0 Å². The number of halogens is 2. The van der Waals surface area contributed by atoms with Crippen molar-refractivity contribution in [1.82, 2.24) is 4.98 Å². The lowest BCUT2D eigenvalue weighted by Crippen LogP contribution is -2.32. The second-order valence-electron chi connectivity index (χ2n) is 4.91. The number of ether oxygens (including phenoxy) is 2. The van der Waals surface area contributed by atoms with E-state index >= 15 is 0 Å². The van der Waals surface area contributed by atoms with Gasteiger partial charge in [0, 0.05) is 12.3 Å². The smallest absolute Gasteiger partial charge is 0.247 e. The van der Waals surface area contributed by atoms with E-state index in [9.17, 15) is 4.79 Å². The number of hydrogen-bond donors (Lipinski definition) is 2. The average molecular weight is 370 g/mol. The molecule has 128 valence electrons. The Balaban J connectivity index is 2.08. The predicted molar refractivity (Wildman–Crippen MR) is 95.5 cm³/mol. The quantitative estimate of drug-likeness (QED) is 0.808. The van der Waals surface area contributed by atoms with Crippen LogP contribution in [0.3, 0.4) is 0 Å². The molecule has 2 aromatic rings. The molecule has 0 saturated carbocycles. The highest BCUT2D eigenvalue weighted by atomic mass is 35.5. The minimum absolute atomic E-state index is 0.251. The van der Waals surface area contributed by atoms with Crippen LogP contribution in [-0.2, 0) is 4.79 Å². The Bertz CT molecular complexity index is 741. The van der Waals surface area contributed by atoms with Crippen molar-refractivity contribution in [3.05, 3.63) is 40.5 Å². The Hall–Kier alpha value is -2.18. The summed E-state index contributed by atoms with van der Waals surface area (Å²) in [5.41, 5.74) is 0.663. The van der Waals surface area contributed by atoms with Crippen molar-refractivity contribution in [3.8, 4) is 11.5 Å². The number of pyridine rings is 1. The van der Waals surface area contributed by atoms with Crippen molar-refractivity contribution in [2.45, 2.75) is 13.0 Å². The average Bonchev–Trinajstić information content (AvgIpc) is 2.57. The van der Waals surface area contributed by atoms with Crippen LogP contribution in [0.2, 0.25) is 10.0 Å². The number of hydrogen-bond acceptors (Lipinski definition) is 5. The van der Waals surface area contributed by atoms with E-state index in [1.807, 2.05) is 0 Å². The largest absolute Gasteiger partial charge is 0.497 e. The Kier molecular flexibility index (Phi) is 6.11. The molecule has 2 rings (SSSR count). The van der Waals surface area contributed by atoms with Crippen LogP contribution in [0.5, 0.6) is 11.5 Å². The molecule has 24 heavy (non-hydrogen) atoms. The van der Waals surface area contributed by atoms with Gasteiger partial charge >= 0.3 is 0 Å². The molecule has 1 amide bonds. The van der Waals surface area contributed by atoms with Crippen LogP contribution in [0.15, 0.2) is 30.5 Å². The molecule has 6 nitrogen and oxygen atoms in total. The molecule has 0 bridgehead atoms. The molecule has 8 heteroatoms. The molecule has 1 aromatic heterocycles. The number of benzene rings is 1. The number of carbonyl (C=O) groups excluding carboxylic acids is 1. The van der Waals surface area contributed by atoms with Crippen LogP contribution in [0.1, 0.15) is 6.92 Å². The normalized spacial score (nSPS) is 11.5. The van der Waals surface area contributed by atoms with Gasteiger partial charge in [-0.2, -0.15) is 0 Å². The van der Waals surface area contributed by atoms with E-state index in [2.05, 4.69) is 15.6 Å². The Morgan fingerprint density at radius 3 is 2.58 bits per heavy atom. The predicted octanol–water partition coefficient (Wildman–Crippen LogP) is 3.84. The van der Waals surface area contributed by atoms with Gasteiger partial charge in [0.05, 0.1) is 30.0 Å². The molecule has 2 N–H and O–H groups in total. The maximum Gasteiger partial charge on any atom is 0.247 e. The summed E-state index contributed by atoms with van der Waals surface area (Å²) in [4.78, 5) is 16.3. The fraction of sp³-hybridized carbons (Fsp3) is 0.250. The summed E-state index contributed by atoms with van der Waals surface area (Å²) >= 11 is 11.8. The minimum atomic E-state index is -0.555. The molecule has 0 aliphatic carbocycles. The van der Waals surface area contributed by atoms with E-state index in [-0.39, 0.29) is 16.7 Å². The van der Waals surface area contributed by atoms with E-state index in [0.717, 1.165) is 0 Å². The lowest BCUT2D eigenvalue weighted by Gasteiger charge is -2.18. The van der Waals surface area contributed by atoms with Crippen molar-refractivity contribution in [3.63, 3.8) is 0 Å². The summed E-state index contributed by atoms with van der Waals surface area (Å²) in [6, 6.07) is 6.23. The number of rotatable bonds is 6. The lowest BCUT2D eigenvalue weighted by atomic mass is 10.2. The van der Waals surface area contributed by atoms with E-state index in [1.54, 1.807) is 39.3 Å². The topological polar surface area (TPSA) is 72.5 Å². The SMILES string of the molecule is COc1ccc(N[C@H](C)C(=O)Nc2ncc(Cl)cc2Cl)c(OC)c1. The van der Waals surface area contributed by atoms with Gasteiger partial charge in [-0.25, -0.2) is 4.98 Å². The molecule has 1 heterocycles. The minimum Gasteiger partial charge on any atom is -0.497 e. The second-order valence-corrected chi connectivity index (χ2v) is 5.75. The number of anilines is 2. The van der Waals surface area contributed by atoms with Crippen LogP contribution in [-0.4, -0.2) is 31.2 Å². The number of carbonyl (C=O) groups is 1. The van der Waals surface area contributed by atoms with Crippen LogP contribution in [0.4, 0.5) is 11.5 Å². The van der Waals surface area contributed by atoms with Crippen LogP contribution in [0.25, 0.3) is 0 Å². The third-order valence-electron chi connectivity index (χ3n) is 3.22. The number of amides is 1. The summed E-state index contributed by atoms with van der Waals surface area (Å²) in [5, 5.41) is 6.39. The zero-order valence-electron chi connectivity index (χ0n) is 13.4. The number of methoxy groups -OCH3 is 2. The maximum atomic E-state index is 12.3. The van der Waals surface area contributed by atoms with E-state index in [1.165, 1.54) is 12.3 Å². The summed E-state index contributed by atoms with van der Waals surface area (Å²) in [6.07, 6.45) is 1.41. The highest BCUT2D eigenvalue weighted by molar-refractivity contribution is 6.36. The molecular weight excluding hydrogens is 353 g/mol. The molecule has 0 radical (unpaired) electrons. The van der Waals surface area contributed by atoms with E-state index < -0.39 is 6.04 Å². The van der Waals surface area contributed by atoms with Gasteiger partial charge in [-0.15, -0.1) is 0 Å². The van der Waals surface area contributed by atoms with Gasteiger partial charge in [-0.1, -0.05) is 23.2 Å². The Labute approximate surface area is 150 Å². The fourth-order valence-corrected chi connectivity index (χ4v) is 2.38. The van der Waals surface area contributed by atoms with Crippen LogP contribution < -0.4 is 20.1 Å². The third kappa shape index (κ3) is 4.43. The first-order valence-electron chi connectivity index (χ1n) is 7.05. The summed E-state index contributed by atoms with van der Waals surface area (Å²) in [6.45, 7) is 1.71. The van der Waals surface area contributed by atoms with Gasteiger partial charge in [0.15, 0.2) is 5.82 Å². The highest BCUT2D eigenvalue weighted by Gasteiger charge is 2.17. The van der Waals surface area contributed by atoms with Gasteiger partial charge in [-0.05, 0) is 25.1 Å². The summed E-state index contributed by atoms with van der Waals surface area (Å²) in [5.74, 6) is 1.18. The van der Waals surface area contributed by atoms with E-state index in [0.29, 0.717) is 22.2 Å². The molecule has 0 aliphatic rings.